The molecule has 2 rings (SSSR count). The lowest BCUT2D eigenvalue weighted by Gasteiger charge is -2.12. The Morgan fingerprint density at radius 1 is 1.24 bits per heavy atom. The van der Waals surface area contributed by atoms with E-state index in [0.29, 0.717) is 27.4 Å². The Labute approximate surface area is 132 Å². The molecule has 0 bridgehead atoms. The Balaban J connectivity index is 2.35. The van der Waals surface area contributed by atoms with Gasteiger partial charge >= 0.3 is 0 Å². The fourth-order valence-corrected chi connectivity index (χ4v) is 2.28. The summed E-state index contributed by atoms with van der Waals surface area (Å²) < 4.78 is 0. The third-order valence-electron chi connectivity index (χ3n) is 2.95. The third-order valence-corrected chi connectivity index (χ3v) is 3.40. The van der Waals surface area contributed by atoms with Crippen molar-refractivity contribution in [3.05, 3.63) is 58.1 Å². The molecule has 0 radical (unpaired) electrons. The van der Waals surface area contributed by atoms with E-state index < -0.39 is 0 Å². The first-order chi connectivity index (χ1) is 9.88. The number of hydrogen-bond acceptors (Lipinski definition) is 3. The van der Waals surface area contributed by atoms with E-state index in [1.807, 2.05) is 0 Å². The van der Waals surface area contributed by atoms with Crippen molar-refractivity contribution in [2.24, 2.45) is 5.73 Å². The molecule has 0 fully saturated rings. The van der Waals surface area contributed by atoms with Crippen molar-refractivity contribution in [3.63, 3.8) is 0 Å². The molecule has 0 saturated carbocycles. The minimum absolute atomic E-state index is 0.107. The van der Waals surface area contributed by atoms with Gasteiger partial charge < -0.3 is 16.2 Å². The van der Waals surface area contributed by atoms with Crippen LogP contribution < -0.4 is 11.1 Å². The molecule has 2 aromatic carbocycles. The summed E-state index contributed by atoms with van der Waals surface area (Å²) in [5.74, 6) is -0.220. The van der Waals surface area contributed by atoms with Gasteiger partial charge in [-0.3, -0.25) is 4.79 Å². The zero-order valence-electron chi connectivity index (χ0n) is 11.2. The Kier molecular flexibility index (Phi) is 4.45. The van der Waals surface area contributed by atoms with Crippen LogP contribution in [0, 0.1) is 6.92 Å². The van der Waals surface area contributed by atoms with Gasteiger partial charge in [-0.05, 0) is 48.9 Å². The molecule has 0 saturated heterocycles. The predicted molar refractivity (Wildman–Crippen MR) is 88.1 cm³/mol. The maximum Gasteiger partial charge on any atom is 0.255 e. The lowest BCUT2D eigenvalue weighted by molar-refractivity contribution is 0.102. The minimum atomic E-state index is -0.327. The standard InChI is InChI=1S/C15H13ClN2O2S/c1-8-6-10(19)3-5-11(8)15(20)18-13-7-9(16)2-4-12(13)14(17)21/h2-7,19H,1H3,(H2,17,21)(H,18,20). The highest BCUT2D eigenvalue weighted by atomic mass is 35.5. The van der Waals surface area contributed by atoms with Gasteiger partial charge in [0.05, 0.1) is 5.69 Å². The number of phenolic OH excluding ortho intramolecular Hbond substituents is 1. The number of nitrogens with two attached hydrogens (primary N) is 1. The molecule has 4 nitrogen and oxygen atoms in total. The van der Waals surface area contributed by atoms with E-state index in [1.165, 1.54) is 12.1 Å². The second kappa shape index (κ2) is 6.11. The second-order valence-electron chi connectivity index (χ2n) is 4.51. The van der Waals surface area contributed by atoms with Gasteiger partial charge in [0.25, 0.3) is 5.91 Å². The van der Waals surface area contributed by atoms with E-state index in [-0.39, 0.29) is 16.6 Å². The molecule has 0 spiro atoms. The number of phenols is 1. The molecule has 0 aliphatic carbocycles. The minimum Gasteiger partial charge on any atom is -0.508 e. The monoisotopic (exact) mass is 320 g/mol. The first kappa shape index (κ1) is 15.3. The Morgan fingerprint density at radius 3 is 2.52 bits per heavy atom. The zero-order chi connectivity index (χ0) is 15.6. The van der Waals surface area contributed by atoms with Crippen molar-refractivity contribution < 1.29 is 9.90 Å². The van der Waals surface area contributed by atoms with E-state index in [0.717, 1.165) is 0 Å². The average Bonchev–Trinajstić information content (AvgIpc) is 2.37. The van der Waals surface area contributed by atoms with Gasteiger partial charge in [0.2, 0.25) is 0 Å². The molecule has 0 heterocycles. The van der Waals surface area contributed by atoms with Gasteiger partial charge in [0, 0.05) is 16.1 Å². The number of anilines is 1. The van der Waals surface area contributed by atoms with Crippen LogP contribution in [-0.2, 0) is 0 Å². The van der Waals surface area contributed by atoms with Crippen molar-refractivity contribution in [2.75, 3.05) is 5.32 Å². The van der Waals surface area contributed by atoms with Crippen LogP contribution >= 0.6 is 23.8 Å². The summed E-state index contributed by atoms with van der Waals surface area (Å²) in [4.78, 5) is 12.5. The van der Waals surface area contributed by atoms with Crippen molar-refractivity contribution in [1.29, 1.82) is 0 Å². The van der Waals surface area contributed by atoms with Crippen molar-refractivity contribution in [2.45, 2.75) is 6.92 Å². The SMILES string of the molecule is Cc1cc(O)ccc1C(=O)Nc1cc(Cl)ccc1C(N)=S. The number of aryl methyl sites for hydroxylation is 1. The van der Waals surface area contributed by atoms with Crippen LogP contribution in [-0.4, -0.2) is 16.0 Å². The molecule has 1 amide bonds. The van der Waals surface area contributed by atoms with Crippen LogP contribution in [0.2, 0.25) is 5.02 Å². The van der Waals surface area contributed by atoms with E-state index >= 15 is 0 Å². The predicted octanol–water partition coefficient (Wildman–Crippen LogP) is 3.24. The molecular formula is C15H13ClN2O2S. The van der Waals surface area contributed by atoms with Crippen LogP contribution in [0.25, 0.3) is 0 Å². The maximum atomic E-state index is 12.3. The molecule has 6 heteroatoms. The van der Waals surface area contributed by atoms with Crippen LogP contribution in [0.15, 0.2) is 36.4 Å². The molecule has 108 valence electrons. The highest BCUT2D eigenvalue weighted by Crippen LogP contribution is 2.23. The molecule has 4 N–H and O–H groups in total. The van der Waals surface area contributed by atoms with Crippen LogP contribution in [0.3, 0.4) is 0 Å². The molecule has 2 aromatic rings. The molecule has 0 aromatic heterocycles. The number of amides is 1. The number of aromatic hydroxyl groups is 1. The maximum absolute atomic E-state index is 12.3. The summed E-state index contributed by atoms with van der Waals surface area (Å²) in [6, 6.07) is 9.41. The Morgan fingerprint density at radius 2 is 1.90 bits per heavy atom. The van der Waals surface area contributed by atoms with Gasteiger partial charge in [0.15, 0.2) is 0 Å². The first-order valence-electron chi connectivity index (χ1n) is 6.09. The summed E-state index contributed by atoms with van der Waals surface area (Å²) in [7, 11) is 0. The number of halogens is 1. The van der Waals surface area contributed by atoms with Crippen molar-refractivity contribution >= 4 is 40.4 Å². The van der Waals surface area contributed by atoms with E-state index in [1.54, 1.807) is 31.2 Å². The highest BCUT2D eigenvalue weighted by molar-refractivity contribution is 7.80. The van der Waals surface area contributed by atoms with Gasteiger partial charge in [-0.15, -0.1) is 0 Å². The number of carbonyl (C=O) groups is 1. The van der Waals surface area contributed by atoms with Crippen LogP contribution in [0.1, 0.15) is 21.5 Å². The van der Waals surface area contributed by atoms with Gasteiger partial charge in [-0.25, -0.2) is 0 Å². The number of nitrogens with one attached hydrogen (secondary N) is 1. The Bertz CT molecular complexity index is 732. The topological polar surface area (TPSA) is 75.3 Å². The Hall–Kier alpha value is -2.11. The fourth-order valence-electron chi connectivity index (χ4n) is 1.93. The lowest BCUT2D eigenvalue weighted by Crippen LogP contribution is -2.18. The number of hydrogen-bond donors (Lipinski definition) is 3. The smallest absolute Gasteiger partial charge is 0.255 e. The summed E-state index contributed by atoms with van der Waals surface area (Å²) >= 11 is 10.9. The normalized spacial score (nSPS) is 10.2. The molecule has 0 aliphatic rings. The molecule has 0 aliphatic heterocycles. The summed E-state index contributed by atoms with van der Waals surface area (Å²) in [5.41, 5.74) is 7.73. The number of rotatable bonds is 3. The fraction of sp³-hybridized carbons (Fsp3) is 0.0667. The molecule has 0 unspecified atom stereocenters. The lowest BCUT2D eigenvalue weighted by atomic mass is 10.1. The number of carbonyl (C=O) groups excluding carboxylic acids is 1. The van der Waals surface area contributed by atoms with Crippen LogP contribution in [0.4, 0.5) is 5.69 Å². The third kappa shape index (κ3) is 3.51. The average molecular weight is 321 g/mol. The molecule has 0 atom stereocenters. The summed E-state index contributed by atoms with van der Waals surface area (Å²) in [6.07, 6.45) is 0. The second-order valence-corrected chi connectivity index (χ2v) is 5.38. The van der Waals surface area contributed by atoms with E-state index in [4.69, 9.17) is 29.6 Å². The quantitative estimate of drug-likeness (QED) is 0.759. The van der Waals surface area contributed by atoms with Gasteiger partial charge in [0.1, 0.15) is 10.7 Å². The highest BCUT2D eigenvalue weighted by Gasteiger charge is 2.13. The number of benzene rings is 2. The summed E-state index contributed by atoms with van der Waals surface area (Å²) in [5, 5.41) is 12.6. The zero-order valence-corrected chi connectivity index (χ0v) is 12.8. The molecular weight excluding hydrogens is 308 g/mol. The van der Waals surface area contributed by atoms with E-state index in [2.05, 4.69) is 5.32 Å². The van der Waals surface area contributed by atoms with Crippen LogP contribution in [0.5, 0.6) is 5.75 Å². The van der Waals surface area contributed by atoms with Crippen molar-refractivity contribution in [3.8, 4) is 5.75 Å². The number of thiocarbonyl (C=S) groups is 1. The summed E-state index contributed by atoms with van der Waals surface area (Å²) in [6.45, 7) is 1.74. The van der Waals surface area contributed by atoms with Gasteiger partial charge in [-0.2, -0.15) is 0 Å². The van der Waals surface area contributed by atoms with Crippen molar-refractivity contribution in [1.82, 2.24) is 0 Å². The molecule has 21 heavy (non-hydrogen) atoms. The van der Waals surface area contributed by atoms with Gasteiger partial charge in [-0.1, -0.05) is 23.8 Å². The largest absolute Gasteiger partial charge is 0.508 e. The first-order valence-corrected chi connectivity index (χ1v) is 6.87. The van der Waals surface area contributed by atoms with E-state index in [9.17, 15) is 9.90 Å².